The molecule has 2 N–H and O–H groups in total. The molecule has 1 aliphatic carbocycles. The monoisotopic (exact) mass is 505 g/mol. The Morgan fingerprint density at radius 1 is 1.22 bits per heavy atom. The largest absolute Gasteiger partial charge is 0.385 e. The highest BCUT2D eigenvalue weighted by Gasteiger charge is 2.39. The number of hydrogen-bond acceptors (Lipinski definition) is 7. The number of nitrogens with zero attached hydrogens (tertiary/aromatic N) is 5. The zero-order chi connectivity index (χ0) is 25.0. The summed E-state index contributed by atoms with van der Waals surface area (Å²) in [5.74, 6) is 0.182. The third-order valence-corrected chi connectivity index (χ3v) is 6.75. The first kappa shape index (κ1) is 22.4. The van der Waals surface area contributed by atoms with E-state index in [0.29, 0.717) is 40.7 Å². The van der Waals surface area contributed by atoms with E-state index in [1.807, 2.05) is 23.1 Å². The van der Waals surface area contributed by atoms with Gasteiger partial charge in [-0.2, -0.15) is 0 Å². The van der Waals surface area contributed by atoms with Crippen molar-refractivity contribution < 1.29 is 14.0 Å². The molecule has 1 aliphatic heterocycles. The first-order valence-electron chi connectivity index (χ1n) is 11.5. The van der Waals surface area contributed by atoms with Gasteiger partial charge in [0, 0.05) is 54.1 Å². The number of alkyl halides is 1. The lowest BCUT2D eigenvalue weighted by Crippen LogP contribution is -2.28. The molecule has 0 saturated heterocycles. The first-order chi connectivity index (χ1) is 17.5. The number of anilines is 3. The number of hydrogen-bond donors (Lipinski definition) is 2. The minimum absolute atomic E-state index is 0.230. The molecule has 2 aliphatic rings. The van der Waals surface area contributed by atoms with Crippen molar-refractivity contribution in [1.82, 2.24) is 24.9 Å². The van der Waals surface area contributed by atoms with E-state index in [2.05, 4.69) is 20.6 Å². The van der Waals surface area contributed by atoms with Crippen molar-refractivity contribution in [3.63, 3.8) is 0 Å². The van der Waals surface area contributed by atoms with Gasteiger partial charge in [-0.15, -0.1) is 5.10 Å². The summed E-state index contributed by atoms with van der Waals surface area (Å²) in [6.07, 6.45) is 3.78. The van der Waals surface area contributed by atoms with Crippen molar-refractivity contribution in [2.45, 2.75) is 25.1 Å². The van der Waals surface area contributed by atoms with E-state index in [1.165, 1.54) is 16.9 Å². The second-order valence-corrected chi connectivity index (χ2v) is 9.26. The van der Waals surface area contributed by atoms with Gasteiger partial charge in [-0.1, -0.05) is 11.6 Å². The Morgan fingerprint density at radius 3 is 2.75 bits per heavy atom. The van der Waals surface area contributed by atoms with Gasteiger partial charge in [0.15, 0.2) is 23.4 Å². The summed E-state index contributed by atoms with van der Waals surface area (Å²) < 4.78 is 14.8. The Kier molecular flexibility index (Phi) is 5.33. The molecule has 182 valence electrons. The molecule has 4 aromatic rings. The predicted molar refractivity (Wildman–Crippen MR) is 134 cm³/mol. The number of aldehydes is 1. The van der Waals surface area contributed by atoms with Crippen molar-refractivity contribution in [3.8, 4) is 11.3 Å². The van der Waals surface area contributed by atoms with Crippen LogP contribution < -0.4 is 15.5 Å². The van der Waals surface area contributed by atoms with Crippen LogP contribution in [0.3, 0.4) is 0 Å². The van der Waals surface area contributed by atoms with Crippen LogP contribution in [-0.4, -0.2) is 57.6 Å². The molecule has 0 spiro atoms. The van der Waals surface area contributed by atoms with E-state index >= 15 is 0 Å². The van der Waals surface area contributed by atoms with Gasteiger partial charge in [-0.05, 0) is 36.2 Å². The highest BCUT2D eigenvalue weighted by molar-refractivity contribution is 6.31. The van der Waals surface area contributed by atoms with Crippen LogP contribution in [-0.2, 0) is 6.42 Å². The van der Waals surface area contributed by atoms with Crippen LogP contribution in [0, 0.1) is 0 Å². The minimum Gasteiger partial charge on any atom is -0.385 e. The summed E-state index contributed by atoms with van der Waals surface area (Å²) in [7, 11) is 1.77. The molecule has 2 atom stereocenters. The smallest absolute Gasteiger partial charge is 0.271 e. The standard InChI is InChI=1S/C25H21ClFN7O2/c1-28-20-9-23(32-34-22(11-30-24(20)34)25(36)31-19-8-17(19)27)33-5-4-15-16(6-14(26)7-21(15)33)18-3-2-13(12-35)10-29-18/h2-3,6-7,9-12,17,19,28H,4-5,8H2,1H3,(H,31,36)/t17-,19+/m0/s1. The Balaban J connectivity index is 1.42. The molecule has 1 saturated carbocycles. The minimum atomic E-state index is -1.01. The Hall–Kier alpha value is -4.05. The van der Waals surface area contributed by atoms with E-state index in [9.17, 15) is 14.0 Å². The van der Waals surface area contributed by atoms with Gasteiger partial charge in [0.1, 0.15) is 6.17 Å². The summed E-state index contributed by atoms with van der Waals surface area (Å²) in [6, 6.07) is 8.69. The average Bonchev–Trinajstić information content (AvgIpc) is 3.24. The molecule has 0 unspecified atom stereocenters. The van der Waals surface area contributed by atoms with Crippen molar-refractivity contribution in [3.05, 3.63) is 64.6 Å². The van der Waals surface area contributed by atoms with Crippen LogP contribution >= 0.6 is 11.6 Å². The van der Waals surface area contributed by atoms with E-state index in [4.69, 9.17) is 16.7 Å². The second-order valence-electron chi connectivity index (χ2n) is 8.82. The highest BCUT2D eigenvalue weighted by atomic mass is 35.5. The molecular formula is C25H21ClFN7O2. The molecule has 9 nitrogen and oxygen atoms in total. The lowest BCUT2D eigenvalue weighted by atomic mass is 10.0. The van der Waals surface area contributed by atoms with Gasteiger partial charge in [0.05, 0.1) is 23.6 Å². The van der Waals surface area contributed by atoms with Crippen LogP contribution in [0.5, 0.6) is 0 Å². The van der Waals surface area contributed by atoms with Gasteiger partial charge in [-0.3, -0.25) is 14.6 Å². The maximum atomic E-state index is 13.3. The van der Waals surface area contributed by atoms with Crippen molar-refractivity contribution in [2.24, 2.45) is 0 Å². The molecule has 11 heteroatoms. The number of amides is 1. The number of carbonyl (C=O) groups excluding carboxylic acids is 2. The van der Waals surface area contributed by atoms with Crippen molar-refractivity contribution in [2.75, 3.05) is 23.8 Å². The van der Waals surface area contributed by atoms with Crippen LogP contribution in [0.4, 0.5) is 21.6 Å². The molecule has 3 aromatic heterocycles. The van der Waals surface area contributed by atoms with Gasteiger partial charge in [0.2, 0.25) is 0 Å². The number of carbonyl (C=O) groups is 2. The molecule has 1 fully saturated rings. The second kappa shape index (κ2) is 8.56. The van der Waals surface area contributed by atoms with Gasteiger partial charge >= 0.3 is 0 Å². The quantitative estimate of drug-likeness (QED) is 0.384. The lowest BCUT2D eigenvalue weighted by Gasteiger charge is -2.20. The zero-order valence-electron chi connectivity index (χ0n) is 19.2. The lowest BCUT2D eigenvalue weighted by molar-refractivity contribution is 0.0940. The maximum absolute atomic E-state index is 13.3. The number of rotatable bonds is 6. The Morgan fingerprint density at radius 2 is 2.06 bits per heavy atom. The van der Waals surface area contributed by atoms with E-state index in [1.54, 1.807) is 19.2 Å². The molecular weight excluding hydrogens is 485 g/mol. The van der Waals surface area contributed by atoms with Crippen LogP contribution in [0.1, 0.15) is 32.8 Å². The number of pyridine rings is 1. The fraction of sp³-hybridized carbons (Fsp3) is 0.240. The van der Waals surface area contributed by atoms with Crippen molar-refractivity contribution >= 4 is 46.6 Å². The van der Waals surface area contributed by atoms with Gasteiger partial charge < -0.3 is 15.5 Å². The average molecular weight is 506 g/mol. The van der Waals surface area contributed by atoms with Crippen LogP contribution in [0.15, 0.2) is 42.7 Å². The number of nitrogens with one attached hydrogen (secondary N) is 2. The van der Waals surface area contributed by atoms with Crippen LogP contribution in [0.25, 0.3) is 16.9 Å². The van der Waals surface area contributed by atoms with E-state index in [0.717, 1.165) is 35.2 Å². The normalized spacial score (nSPS) is 18.2. The number of halogens is 2. The fourth-order valence-corrected chi connectivity index (χ4v) is 4.77. The topological polar surface area (TPSA) is 105 Å². The highest BCUT2D eigenvalue weighted by Crippen LogP contribution is 2.42. The first-order valence-corrected chi connectivity index (χ1v) is 11.9. The molecule has 0 radical (unpaired) electrons. The Bertz CT molecular complexity index is 1520. The van der Waals surface area contributed by atoms with E-state index < -0.39 is 18.1 Å². The Labute approximate surface area is 210 Å². The van der Waals surface area contributed by atoms with Crippen LogP contribution in [0.2, 0.25) is 5.02 Å². The summed E-state index contributed by atoms with van der Waals surface area (Å²) in [6.45, 7) is 0.637. The number of aromatic nitrogens is 4. The third kappa shape index (κ3) is 3.74. The van der Waals surface area contributed by atoms with E-state index in [-0.39, 0.29) is 5.69 Å². The number of benzene rings is 1. The molecule has 1 amide bonds. The van der Waals surface area contributed by atoms with Gasteiger partial charge in [-0.25, -0.2) is 13.9 Å². The molecule has 36 heavy (non-hydrogen) atoms. The zero-order valence-corrected chi connectivity index (χ0v) is 20.0. The van der Waals surface area contributed by atoms with Crippen molar-refractivity contribution in [1.29, 1.82) is 0 Å². The summed E-state index contributed by atoms with van der Waals surface area (Å²) in [5.41, 5.74) is 5.47. The van der Waals surface area contributed by atoms with Gasteiger partial charge in [0.25, 0.3) is 5.91 Å². The third-order valence-electron chi connectivity index (χ3n) is 6.53. The molecule has 1 aromatic carbocycles. The predicted octanol–water partition coefficient (Wildman–Crippen LogP) is 3.83. The summed E-state index contributed by atoms with van der Waals surface area (Å²) >= 11 is 6.52. The molecule has 6 rings (SSSR count). The SMILES string of the molecule is CNc1cc(N2CCc3c(-c4ccc(C=O)cn4)cc(Cl)cc32)nn2c(C(=O)N[C@@H]3C[C@@H]3F)cnc12. The number of imidazole rings is 1. The molecule has 0 bridgehead atoms. The summed E-state index contributed by atoms with van der Waals surface area (Å²) in [5, 5.41) is 11.1. The molecule has 4 heterocycles. The number of fused-ring (bicyclic) bond motifs is 2. The fourth-order valence-electron chi connectivity index (χ4n) is 4.55. The maximum Gasteiger partial charge on any atom is 0.271 e. The summed E-state index contributed by atoms with van der Waals surface area (Å²) in [4.78, 5) is 34.6.